The van der Waals surface area contributed by atoms with Crippen LogP contribution in [0.15, 0.2) is 48.6 Å². The molecular formula is C52H89O16P. The van der Waals surface area contributed by atoms with Crippen LogP contribution >= 0.6 is 7.82 Å². The second kappa shape index (κ2) is 37.2. The molecule has 0 radical (unpaired) electrons. The first kappa shape index (κ1) is 62.5. The molecular weight excluding hydrogens is 912 g/mol. The average Bonchev–Trinajstić information content (AvgIpc) is 3.32. The predicted molar refractivity (Wildman–Crippen MR) is 263 cm³/mol. The molecule has 1 unspecified atom stereocenters. The number of fused-ring (bicyclic) bond motifs is 4. The van der Waals surface area contributed by atoms with E-state index in [2.05, 4.69) is 43.4 Å². The number of carbonyl (C=O) groups is 3. The minimum Gasteiger partial charge on any atom is -0.462 e. The highest BCUT2D eigenvalue weighted by molar-refractivity contribution is 7.47. The number of allylic oxidation sites excluding steroid dienone is 6. The van der Waals surface area contributed by atoms with Crippen LogP contribution in [0, 0.1) is 11.8 Å². The summed E-state index contributed by atoms with van der Waals surface area (Å²) in [5.41, 5.74) is 0. The fourth-order valence-corrected chi connectivity index (χ4v) is 9.47. The monoisotopic (exact) mass is 1000 g/mol. The molecule has 0 aromatic rings. The first-order valence-electron chi connectivity index (χ1n) is 26.0. The third-order valence-electron chi connectivity index (χ3n) is 12.8. The third kappa shape index (κ3) is 27.1. The Morgan fingerprint density at radius 1 is 0.710 bits per heavy atom. The molecule has 12 atom stereocenters. The Balaban J connectivity index is 2.07. The van der Waals surface area contributed by atoms with Gasteiger partial charge in [-0.25, -0.2) is 4.57 Å². The van der Waals surface area contributed by atoms with Crippen molar-refractivity contribution in [3.05, 3.63) is 48.6 Å². The van der Waals surface area contributed by atoms with Crippen LogP contribution in [0.2, 0.25) is 0 Å². The Morgan fingerprint density at radius 3 is 1.96 bits per heavy atom. The van der Waals surface area contributed by atoms with Gasteiger partial charge < -0.3 is 50.1 Å². The number of phosphoric ester groups is 1. The number of Topliss-reactive ketones (excluding diaryl/α,β-unsaturated/α-hetero) is 1. The van der Waals surface area contributed by atoms with Crippen LogP contribution in [0.4, 0.5) is 0 Å². The van der Waals surface area contributed by atoms with Crippen molar-refractivity contribution in [2.24, 2.45) is 11.8 Å². The second-order valence-electron chi connectivity index (χ2n) is 18.8. The van der Waals surface area contributed by atoms with Crippen molar-refractivity contribution in [1.82, 2.24) is 0 Å². The summed E-state index contributed by atoms with van der Waals surface area (Å²) in [5.74, 6) is -4.91. The van der Waals surface area contributed by atoms with Gasteiger partial charge in [0.05, 0.1) is 31.0 Å². The summed E-state index contributed by atoms with van der Waals surface area (Å²) in [7, 11) is -5.46. The topological polar surface area (TPSA) is 267 Å². The maximum atomic E-state index is 13.7. The molecule has 69 heavy (non-hydrogen) atoms. The van der Waals surface area contributed by atoms with E-state index in [-0.39, 0.29) is 19.3 Å². The number of ketones is 1. The maximum absolute atomic E-state index is 13.7. The fourth-order valence-electron chi connectivity index (χ4n) is 8.50. The van der Waals surface area contributed by atoms with Crippen LogP contribution in [-0.4, -0.2) is 127 Å². The van der Waals surface area contributed by atoms with Gasteiger partial charge in [0.1, 0.15) is 36.8 Å². The minimum absolute atomic E-state index is 0.0135. The molecule has 1 aliphatic heterocycles. The van der Waals surface area contributed by atoms with Gasteiger partial charge in [0.25, 0.3) is 0 Å². The van der Waals surface area contributed by atoms with Gasteiger partial charge in [-0.3, -0.25) is 23.4 Å². The van der Waals surface area contributed by atoms with E-state index in [1.165, 1.54) is 37.8 Å². The van der Waals surface area contributed by atoms with Gasteiger partial charge in [-0.1, -0.05) is 146 Å². The quantitative estimate of drug-likeness (QED) is 0.0188. The van der Waals surface area contributed by atoms with Crippen molar-refractivity contribution in [1.29, 1.82) is 0 Å². The molecule has 1 aliphatic carbocycles. The van der Waals surface area contributed by atoms with Gasteiger partial charge in [0, 0.05) is 31.1 Å². The first-order chi connectivity index (χ1) is 33.1. The number of esters is 2. The largest absolute Gasteiger partial charge is 0.472 e. The molecule has 17 heteroatoms. The van der Waals surface area contributed by atoms with Crippen LogP contribution < -0.4 is 0 Å². The van der Waals surface area contributed by atoms with Gasteiger partial charge >= 0.3 is 19.8 Å². The lowest BCUT2D eigenvalue weighted by molar-refractivity contribution is -0.166. The molecule has 8 N–H and O–H groups in total. The van der Waals surface area contributed by atoms with Crippen LogP contribution in [0.25, 0.3) is 0 Å². The zero-order valence-corrected chi connectivity index (χ0v) is 42.5. The number of carbonyl (C=O) groups excluding carboxylic acids is 3. The van der Waals surface area contributed by atoms with Crippen LogP contribution in [0.5, 0.6) is 0 Å². The number of aliphatic hydroxyl groups excluding tert-OH is 7. The van der Waals surface area contributed by atoms with Crippen molar-refractivity contribution < 1.29 is 78.1 Å². The van der Waals surface area contributed by atoms with E-state index in [1.807, 2.05) is 6.92 Å². The van der Waals surface area contributed by atoms with Gasteiger partial charge in [0.2, 0.25) is 0 Å². The van der Waals surface area contributed by atoms with Crippen LogP contribution in [-0.2, 0) is 37.5 Å². The van der Waals surface area contributed by atoms with Crippen molar-refractivity contribution in [2.75, 3.05) is 13.2 Å². The second-order valence-corrected chi connectivity index (χ2v) is 20.2. The lowest BCUT2D eigenvalue weighted by Gasteiger charge is -2.36. The number of ether oxygens (including phenoxy) is 2. The summed E-state index contributed by atoms with van der Waals surface area (Å²) < 4.78 is 34.8. The molecule has 1 heterocycles. The SMILES string of the molecule is CCCCCC/C=C\C/C=C\C/C=C\CCCCCCCCC(=O)O[C@@H]1COC(=O)CCCCCC[C@H]2C(=O)C[C@@H](O)[C@H](/C=C/[C@@H](O)CCCCC)[C@@H](O)[C@@H](O)[C@@H](OP(=O)(O)OC1)[C@H](O)[C@@H](O)[C@@H]2O. The molecule has 2 aliphatic rings. The van der Waals surface area contributed by atoms with Crippen LogP contribution in [0.1, 0.15) is 181 Å². The Bertz CT molecular complexity index is 1570. The number of aliphatic hydroxyl groups is 7. The lowest BCUT2D eigenvalue weighted by Crippen LogP contribution is -2.55. The summed E-state index contributed by atoms with van der Waals surface area (Å²) in [6.07, 6.45) is 16.2. The summed E-state index contributed by atoms with van der Waals surface area (Å²) in [4.78, 5) is 50.2. The van der Waals surface area contributed by atoms with E-state index in [9.17, 15) is 59.6 Å². The highest BCUT2D eigenvalue weighted by Crippen LogP contribution is 2.47. The molecule has 0 aromatic heterocycles. The Labute approximate surface area is 411 Å². The number of hydrogen-bond acceptors (Lipinski definition) is 15. The van der Waals surface area contributed by atoms with Crippen molar-refractivity contribution in [2.45, 2.75) is 236 Å². The molecule has 1 saturated carbocycles. The average molecular weight is 1000 g/mol. The Morgan fingerprint density at radius 2 is 1.29 bits per heavy atom. The Kier molecular flexibility index (Phi) is 33.7. The predicted octanol–water partition coefficient (Wildman–Crippen LogP) is 7.71. The molecule has 2 rings (SSSR count). The molecule has 2 fully saturated rings. The summed E-state index contributed by atoms with van der Waals surface area (Å²) in [6, 6.07) is 0. The van der Waals surface area contributed by atoms with Crippen molar-refractivity contribution in [3.8, 4) is 0 Å². The molecule has 0 spiro atoms. The number of cyclic esters (lactones) is 1. The van der Waals surface area contributed by atoms with E-state index >= 15 is 0 Å². The highest BCUT2D eigenvalue weighted by atomic mass is 31.2. The molecule has 1 saturated heterocycles. The van der Waals surface area contributed by atoms with Gasteiger partial charge in [-0.05, 0) is 64.2 Å². The summed E-state index contributed by atoms with van der Waals surface area (Å²) in [5, 5.41) is 78.8. The van der Waals surface area contributed by atoms with Crippen LogP contribution in [0.3, 0.4) is 0 Å². The zero-order chi connectivity index (χ0) is 50.9. The molecule has 398 valence electrons. The zero-order valence-electron chi connectivity index (χ0n) is 41.6. The number of hydrogen-bond donors (Lipinski definition) is 8. The molecule has 2 bridgehead atoms. The lowest BCUT2D eigenvalue weighted by atomic mass is 9.83. The first-order valence-corrected chi connectivity index (χ1v) is 27.5. The molecule has 16 nitrogen and oxygen atoms in total. The third-order valence-corrected chi connectivity index (χ3v) is 13.8. The van der Waals surface area contributed by atoms with Crippen molar-refractivity contribution >= 4 is 25.5 Å². The summed E-state index contributed by atoms with van der Waals surface area (Å²) in [6.45, 7) is 2.81. The van der Waals surface area contributed by atoms with Gasteiger partial charge in [-0.15, -0.1) is 0 Å². The maximum Gasteiger partial charge on any atom is 0.472 e. The standard InChI is InChI=1S/C52H89O16P/c1-3-5-7-8-9-10-11-12-13-14-15-16-17-18-19-20-21-22-23-29-33-46(57)67-40-37-65-45(56)32-28-25-24-27-31-41-43(54)36-44(55)42(35-34-39(53)30-26-6-4-2)48(59)50(61)52(51(62)49(60)47(41)58)68-69(63,64)66-38-40/h10-11,13-14,16-17,34-35,39-42,44,47-53,55,58-62H,3-9,12,15,18-33,36-38H2,1-2H3,(H,63,64)/b11-10-,14-13-,17-16-,35-34+/t39-,40+,41-,42-,44+,47+,48+,49-,50+,51+,52+/m0/s1. The number of rotatable bonds is 25. The molecule has 0 amide bonds. The smallest absolute Gasteiger partial charge is 0.462 e. The van der Waals surface area contributed by atoms with E-state index < -0.39 is 112 Å². The Hall–Kier alpha value is -2.60. The van der Waals surface area contributed by atoms with E-state index in [0.29, 0.717) is 44.9 Å². The summed E-state index contributed by atoms with van der Waals surface area (Å²) >= 11 is 0. The van der Waals surface area contributed by atoms with Gasteiger partial charge in [0.15, 0.2) is 6.10 Å². The minimum atomic E-state index is -5.46. The number of phosphoric acid groups is 1. The van der Waals surface area contributed by atoms with Gasteiger partial charge in [-0.2, -0.15) is 0 Å². The fraction of sp³-hybridized carbons (Fsp3) is 0.788. The molecule has 0 aromatic carbocycles. The normalized spacial score (nSPS) is 30.4. The number of unbranched alkanes of at least 4 members (excludes halogenated alkanes) is 12. The van der Waals surface area contributed by atoms with E-state index in [1.54, 1.807) is 0 Å². The van der Waals surface area contributed by atoms with E-state index in [0.717, 1.165) is 70.6 Å². The highest BCUT2D eigenvalue weighted by Gasteiger charge is 2.49. The van der Waals surface area contributed by atoms with Crippen molar-refractivity contribution in [3.63, 3.8) is 0 Å². The van der Waals surface area contributed by atoms with E-state index in [4.69, 9.17) is 18.5 Å².